The first kappa shape index (κ1) is 21.1. The van der Waals surface area contributed by atoms with Crippen molar-refractivity contribution in [3.63, 3.8) is 0 Å². The summed E-state index contributed by atoms with van der Waals surface area (Å²) in [5.41, 5.74) is 1.93. The minimum atomic E-state index is 0.134. The predicted octanol–water partition coefficient (Wildman–Crippen LogP) is 5.02. The Morgan fingerprint density at radius 2 is 1.36 bits per heavy atom. The van der Waals surface area contributed by atoms with Crippen molar-refractivity contribution < 1.29 is 4.79 Å². The third kappa shape index (κ3) is 5.69. The van der Waals surface area contributed by atoms with Gasteiger partial charge >= 0.3 is 0 Å². The number of nitrogens with zero attached hydrogens (tertiary/aromatic N) is 2. The first-order valence-corrected chi connectivity index (χ1v) is 8.70. The molecule has 1 saturated heterocycles. The van der Waals surface area contributed by atoms with Crippen LogP contribution in [0.4, 0.5) is 5.69 Å². The van der Waals surface area contributed by atoms with E-state index in [1.54, 1.807) is 6.92 Å². The standard InChI is InChI=1S/C13H16Cl2N2O.2C2H6/c1-9-12(14)7-11(8-13(9)15)17-5-3-16(4-6-17)10(2)18;2*1-2/h7-8H,3-6H2,1-2H3;2*1-2H3. The molecule has 1 amide bonds. The zero-order valence-corrected chi connectivity index (χ0v) is 16.1. The fourth-order valence-electron chi connectivity index (χ4n) is 2.09. The number of halogens is 2. The van der Waals surface area contributed by atoms with E-state index in [0.29, 0.717) is 10.0 Å². The largest absolute Gasteiger partial charge is 0.368 e. The van der Waals surface area contributed by atoms with E-state index in [4.69, 9.17) is 23.2 Å². The molecule has 0 aromatic heterocycles. The number of benzene rings is 1. The Kier molecular flexibility index (Phi) is 10.3. The summed E-state index contributed by atoms with van der Waals surface area (Å²) in [6, 6.07) is 3.87. The minimum Gasteiger partial charge on any atom is -0.368 e. The van der Waals surface area contributed by atoms with Crippen molar-refractivity contribution in [1.82, 2.24) is 4.90 Å². The number of anilines is 1. The summed E-state index contributed by atoms with van der Waals surface area (Å²) in [6.45, 7) is 14.6. The van der Waals surface area contributed by atoms with Gasteiger partial charge in [0.2, 0.25) is 5.91 Å². The highest BCUT2D eigenvalue weighted by atomic mass is 35.5. The molecule has 0 atom stereocenters. The molecule has 0 N–H and O–H groups in total. The van der Waals surface area contributed by atoms with Crippen LogP contribution in [0.2, 0.25) is 10.0 Å². The molecular weight excluding hydrogens is 319 g/mol. The van der Waals surface area contributed by atoms with Crippen molar-refractivity contribution in [3.8, 4) is 0 Å². The molecule has 0 aliphatic carbocycles. The number of hydrogen-bond acceptors (Lipinski definition) is 2. The van der Waals surface area contributed by atoms with Crippen LogP contribution in [0.3, 0.4) is 0 Å². The van der Waals surface area contributed by atoms with Crippen LogP contribution in [0.15, 0.2) is 12.1 Å². The normalized spacial score (nSPS) is 13.6. The third-order valence-electron chi connectivity index (χ3n) is 3.36. The first-order chi connectivity index (χ1) is 10.5. The number of piperazine rings is 1. The lowest BCUT2D eigenvalue weighted by Crippen LogP contribution is -2.48. The maximum Gasteiger partial charge on any atom is 0.219 e. The van der Waals surface area contributed by atoms with E-state index in [0.717, 1.165) is 37.4 Å². The van der Waals surface area contributed by atoms with Gasteiger partial charge in [-0.2, -0.15) is 0 Å². The van der Waals surface area contributed by atoms with Crippen LogP contribution >= 0.6 is 23.2 Å². The Hall–Kier alpha value is -0.930. The Balaban J connectivity index is 0.00000102. The number of hydrogen-bond donors (Lipinski definition) is 0. The quantitative estimate of drug-likeness (QED) is 0.712. The van der Waals surface area contributed by atoms with Crippen LogP contribution in [-0.2, 0) is 4.79 Å². The lowest BCUT2D eigenvalue weighted by atomic mass is 10.2. The van der Waals surface area contributed by atoms with Gasteiger partial charge in [-0.05, 0) is 24.6 Å². The summed E-state index contributed by atoms with van der Waals surface area (Å²) in [5, 5.41) is 1.37. The molecule has 22 heavy (non-hydrogen) atoms. The molecule has 5 heteroatoms. The van der Waals surface area contributed by atoms with E-state index >= 15 is 0 Å². The fourth-order valence-corrected chi connectivity index (χ4v) is 2.57. The van der Waals surface area contributed by atoms with Crippen LogP contribution in [0.1, 0.15) is 40.2 Å². The van der Waals surface area contributed by atoms with Gasteiger partial charge in [-0.3, -0.25) is 4.79 Å². The topological polar surface area (TPSA) is 23.6 Å². The third-order valence-corrected chi connectivity index (χ3v) is 4.14. The summed E-state index contributed by atoms with van der Waals surface area (Å²) in [4.78, 5) is 15.3. The summed E-state index contributed by atoms with van der Waals surface area (Å²) in [6.07, 6.45) is 0. The highest BCUT2D eigenvalue weighted by molar-refractivity contribution is 6.36. The molecule has 1 aromatic carbocycles. The maximum absolute atomic E-state index is 11.3. The van der Waals surface area contributed by atoms with E-state index in [1.165, 1.54) is 0 Å². The first-order valence-electron chi connectivity index (χ1n) is 7.95. The molecule has 3 nitrogen and oxygen atoms in total. The molecule has 0 radical (unpaired) electrons. The predicted molar refractivity (Wildman–Crippen MR) is 98.4 cm³/mol. The van der Waals surface area contributed by atoms with E-state index < -0.39 is 0 Å². The minimum absolute atomic E-state index is 0.134. The zero-order chi connectivity index (χ0) is 17.3. The van der Waals surface area contributed by atoms with Crippen molar-refractivity contribution >= 4 is 34.8 Å². The molecule has 0 saturated carbocycles. The van der Waals surface area contributed by atoms with Crippen molar-refractivity contribution in [2.45, 2.75) is 41.5 Å². The Morgan fingerprint density at radius 1 is 0.955 bits per heavy atom. The van der Waals surface area contributed by atoms with E-state index in [9.17, 15) is 4.79 Å². The van der Waals surface area contributed by atoms with Crippen molar-refractivity contribution in [3.05, 3.63) is 27.7 Å². The van der Waals surface area contributed by atoms with Gasteiger partial charge in [0, 0.05) is 48.8 Å². The Labute approximate surface area is 145 Å². The summed E-state index contributed by atoms with van der Waals surface area (Å²) < 4.78 is 0. The number of carbonyl (C=O) groups is 1. The molecule has 2 rings (SSSR count). The van der Waals surface area contributed by atoms with Crippen molar-refractivity contribution in [2.75, 3.05) is 31.1 Å². The van der Waals surface area contributed by atoms with Crippen LogP contribution in [0.5, 0.6) is 0 Å². The van der Waals surface area contributed by atoms with Crippen LogP contribution < -0.4 is 4.90 Å². The molecule has 0 unspecified atom stereocenters. The van der Waals surface area contributed by atoms with Crippen LogP contribution in [-0.4, -0.2) is 37.0 Å². The zero-order valence-electron chi connectivity index (χ0n) is 14.5. The number of rotatable bonds is 1. The smallest absolute Gasteiger partial charge is 0.219 e. The van der Waals surface area contributed by atoms with Crippen molar-refractivity contribution in [2.24, 2.45) is 0 Å². The monoisotopic (exact) mass is 346 g/mol. The Morgan fingerprint density at radius 3 is 1.73 bits per heavy atom. The summed E-state index contributed by atoms with van der Waals surface area (Å²) in [7, 11) is 0. The van der Waals surface area contributed by atoms with Gasteiger partial charge in [0.15, 0.2) is 0 Å². The second-order valence-electron chi connectivity index (χ2n) is 4.53. The fraction of sp³-hybridized carbons (Fsp3) is 0.588. The second kappa shape index (κ2) is 10.7. The van der Waals surface area contributed by atoms with E-state index in [-0.39, 0.29) is 5.91 Å². The number of carbonyl (C=O) groups excluding carboxylic acids is 1. The Bertz CT molecular complexity index is 447. The lowest BCUT2D eigenvalue weighted by Gasteiger charge is -2.35. The van der Waals surface area contributed by atoms with Gasteiger partial charge in [0.25, 0.3) is 0 Å². The van der Waals surface area contributed by atoms with Gasteiger partial charge in [0.1, 0.15) is 0 Å². The average molecular weight is 347 g/mol. The SMILES string of the molecule is CC.CC.CC(=O)N1CCN(c2cc(Cl)c(C)c(Cl)c2)CC1. The second-order valence-corrected chi connectivity index (χ2v) is 5.34. The lowest BCUT2D eigenvalue weighted by molar-refractivity contribution is -0.129. The maximum atomic E-state index is 11.3. The molecule has 1 aliphatic heterocycles. The highest BCUT2D eigenvalue weighted by Gasteiger charge is 2.19. The molecule has 126 valence electrons. The average Bonchev–Trinajstić information content (AvgIpc) is 2.56. The van der Waals surface area contributed by atoms with Gasteiger partial charge < -0.3 is 9.80 Å². The van der Waals surface area contributed by atoms with E-state index in [2.05, 4.69) is 4.90 Å². The molecular formula is C17H28Cl2N2O. The van der Waals surface area contributed by atoms with Gasteiger partial charge in [0.05, 0.1) is 0 Å². The van der Waals surface area contributed by atoms with Crippen molar-refractivity contribution in [1.29, 1.82) is 0 Å². The summed E-state index contributed by atoms with van der Waals surface area (Å²) >= 11 is 12.3. The van der Waals surface area contributed by atoms with Crippen LogP contribution in [0.25, 0.3) is 0 Å². The highest BCUT2D eigenvalue weighted by Crippen LogP contribution is 2.30. The molecule has 1 heterocycles. The molecule has 1 aliphatic rings. The van der Waals surface area contributed by atoms with Gasteiger partial charge in [-0.25, -0.2) is 0 Å². The van der Waals surface area contributed by atoms with E-state index in [1.807, 2.05) is 51.7 Å². The summed E-state index contributed by atoms with van der Waals surface area (Å²) in [5.74, 6) is 0.134. The van der Waals surface area contributed by atoms with Gasteiger partial charge in [-0.1, -0.05) is 50.9 Å². The molecule has 1 aromatic rings. The molecule has 0 bridgehead atoms. The number of amides is 1. The molecule has 1 fully saturated rings. The van der Waals surface area contributed by atoms with Gasteiger partial charge in [-0.15, -0.1) is 0 Å². The van der Waals surface area contributed by atoms with Crippen LogP contribution in [0, 0.1) is 6.92 Å². The molecule has 0 spiro atoms.